The van der Waals surface area contributed by atoms with Crippen molar-refractivity contribution in [2.75, 3.05) is 20.8 Å². The molecule has 0 bridgehead atoms. The predicted octanol–water partition coefficient (Wildman–Crippen LogP) is 3.75. The van der Waals surface area contributed by atoms with E-state index in [-0.39, 0.29) is 6.04 Å². The van der Waals surface area contributed by atoms with Gasteiger partial charge in [-0.2, -0.15) is 0 Å². The Labute approximate surface area is 149 Å². The van der Waals surface area contributed by atoms with Gasteiger partial charge >= 0.3 is 0 Å². The molecule has 0 unspecified atom stereocenters. The second-order valence-corrected chi connectivity index (χ2v) is 6.37. The maximum Gasteiger partial charge on any atom is 0.233 e. The van der Waals surface area contributed by atoms with Gasteiger partial charge in [0.05, 0.1) is 26.8 Å². The molecular formula is C20H26N2O3. The SMILES string of the molecule is CC[C@H](C)[C@H]1COC(c2cccn2Cc2cccc(OC)c2OC)=N1. The molecule has 1 aliphatic rings. The van der Waals surface area contributed by atoms with Crippen LogP contribution in [0.15, 0.2) is 41.5 Å². The van der Waals surface area contributed by atoms with Gasteiger partial charge in [0.2, 0.25) is 5.90 Å². The van der Waals surface area contributed by atoms with Gasteiger partial charge in [-0.25, -0.2) is 4.99 Å². The zero-order valence-corrected chi connectivity index (χ0v) is 15.4. The van der Waals surface area contributed by atoms with E-state index in [1.807, 2.05) is 36.5 Å². The minimum absolute atomic E-state index is 0.245. The van der Waals surface area contributed by atoms with E-state index in [4.69, 9.17) is 19.2 Å². The minimum atomic E-state index is 0.245. The highest BCUT2D eigenvalue weighted by atomic mass is 16.5. The number of nitrogens with zero attached hydrogens (tertiary/aromatic N) is 2. The normalized spacial score (nSPS) is 17.8. The summed E-state index contributed by atoms with van der Waals surface area (Å²) in [5.74, 6) is 2.76. The Kier molecular flexibility index (Phi) is 5.31. The molecule has 2 aromatic rings. The van der Waals surface area contributed by atoms with Gasteiger partial charge in [-0.3, -0.25) is 0 Å². The number of ether oxygens (including phenoxy) is 3. The van der Waals surface area contributed by atoms with E-state index >= 15 is 0 Å². The zero-order valence-electron chi connectivity index (χ0n) is 15.4. The fourth-order valence-corrected chi connectivity index (χ4v) is 3.10. The number of aliphatic imine (C=N–C) groups is 1. The van der Waals surface area contributed by atoms with Crippen molar-refractivity contribution in [2.24, 2.45) is 10.9 Å². The standard InChI is InChI=1S/C20H26N2O3/c1-5-14(2)16-13-25-20(21-16)17-9-7-11-22(17)12-15-8-6-10-18(23-3)19(15)24-4/h6-11,14,16H,5,12-13H2,1-4H3/t14-,16+/m0/s1. The van der Waals surface area contributed by atoms with Gasteiger partial charge in [0.15, 0.2) is 11.5 Å². The Morgan fingerprint density at radius 3 is 2.80 bits per heavy atom. The summed E-state index contributed by atoms with van der Waals surface area (Å²) in [6.07, 6.45) is 3.14. The van der Waals surface area contributed by atoms with Crippen LogP contribution in [0.5, 0.6) is 11.5 Å². The average Bonchev–Trinajstić information content (AvgIpc) is 3.29. The van der Waals surface area contributed by atoms with Crippen LogP contribution in [0.4, 0.5) is 0 Å². The molecule has 0 radical (unpaired) electrons. The third kappa shape index (κ3) is 3.50. The Bertz CT molecular complexity index is 751. The summed E-state index contributed by atoms with van der Waals surface area (Å²) in [4.78, 5) is 4.80. The zero-order chi connectivity index (χ0) is 17.8. The van der Waals surface area contributed by atoms with Crippen molar-refractivity contribution in [1.82, 2.24) is 4.57 Å². The van der Waals surface area contributed by atoms with E-state index in [0.717, 1.165) is 35.1 Å². The molecule has 0 aliphatic carbocycles. The Hall–Kier alpha value is -2.43. The largest absolute Gasteiger partial charge is 0.493 e. The Morgan fingerprint density at radius 1 is 1.24 bits per heavy atom. The van der Waals surface area contributed by atoms with Gasteiger partial charge in [-0.1, -0.05) is 32.4 Å². The molecule has 0 saturated carbocycles. The molecule has 134 valence electrons. The molecular weight excluding hydrogens is 316 g/mol. The summed E-state index contributed by atoms with van der Waals surface area (Å²) in [5.41, 5.74) is 2.05. The fraction of sp³-hybridized carbons (Fsp3) is 0.450. The number of methoxy groups -OCH3 is 2. The molecule has 5 heteroatoms. The summed E-state index contributed by atoms with van der Waals surface area (Å²) < 4.78 is 19.0. The summed E-state index contributed by atoms with van der Waals surface area (Å²) in [6, 6.07) is 10.2. The minimum Gasteiger partial charge on any atom is -0.493 e. The molecule has 0 amide bonds. The number of aromatic nitrogens is 1. The van der Waals surface area contributed by atoms with Crippen molar-refractivity contribution in [3.8, 4) is 11.5 Å². The molecule has 1 aliphatic heterocycles. The van der Waals surface area contributed by atoms with Gasteiger partial charge in [0, 0.05) is 11.8 Å². The van der Waals surface area contributed by atoms with Gasteiger partial charge < -0.3 is 18.8 Å². The number of hydrogen-bond acceptors (Lipinski definition) is 4. The molecule has 2 heterocycles. The first-order valence-electron chi connectivity index (χ1n) is 8.73. The van der Waals surface area contributed by atoms with Crippen LogP contribution >= 0.6 is 0 Å². The topological polar surface area (TPSA) is 45.0 Å². The number of benzene rings is 1. The van der Waals surface area contributed by atoms with Crippen molar-refractivity contribution < 1.29 is 14.2 Å². The van der Waals surface area contributed by atoms with E-state index in [1.54, 1.807) is 14.2 Å². The lowest BCUT2D eigenvalue weighted by Gasteiger charge is -2.14. The summed E-state index contributed by atoms with van der Waals surface area (Å²) >= 11 is 0. The molecule has 0 spiro atoms. The Balaban J connectivity index is 1.87. The molecule has 3 rings (SSSR count). The smallest absolute Gasteiger partial charge is 0.233 e. The maximum atomic E-state index is 5.89. The first-order valence-corrected chi connectivity index (χ1v) is 8.73. The summed E-state index contributed by atoms with van der Waals surface area (Å²) in [7, 11) is 3.32. The van der Waals surface area contributed by atoms with Gasteiger partial charge in [0.1, 0.15) is 12.3 Å². The lowest BCUT2D eigenvalue weighted by atomic mass is 10.0. The highest BCUT2D eigenvalue weighted by Gasteiger charge is 2.26. The molecule has 2 atom stereocenters. The van der Waals surface area contributed by atoms with Crippen molar-refractivity contribution >= 4 is 5.90 Å². The predicted molar refractivity (Wildman–Crippen MR) is 98.8 cm³/mol. The molecule has 0 fully saturated rings. The van der Waals surface area contributed by atoms with E-state index in [0.29, 0.717) is 19.1 Å². The molecule has 0 saturated heterocycles. The second kappa shape index (κ2) is 7.64. The first-order chi connectivity index (χ1) is 12.2. The molecule has 25 heavy (non-hydrogen) atoms. The lowest BCUT2D eigenvalue weighted by molar-refractivity contribution is 0.281. The van der Waals surface area contributed by atoms with Crippen molar-refractivity contribution in [3.05, 3.63) is 47.8 Å². The highest BCUT2D eigenvalue weighted by molar-refractivity contribution is 5.93. The van der Waals surface area contributed by atoms with Crippen LogP contribution in [0.25, 0.3) is 0 Å². The van der Waals surface area contributed by atoms with Crippen LogP contribution in [0.2, 0.25) is 0 Å². The van der Waals surface area contributed by atoms with Crippen LogP contribution in [0.1, 0.15) is 31.5 Å². The maximum absolute atomic E-state index is 5.89. The quantitative estimate of drug-likeness (QED) is 0.770. The van der Waals surface area contributed by atoms with Crippen LogP contribution < -0.4 is 9.47 Å². The number of hydrogen-bond donors (Lipinski definition) is 0. The monoisotopic (exact) mass is 342 g/mol. The highest BCUT2D eigenvalue weighted by Crippen LogP contribution is 2.31. The van der Waals surface area contributed by atoms with E-state index in [9.17, 15) is 0 Å². The number of para-hydroxylation sites is 1. The van der Waals surface area contributed by atoms with Crippen LogP contribution in [0, 0.1) is 5.92 Å². The van der Waals surface area contributed by atoms with Gasteiger partial charge in [-0.05, 0) is 24.1 Å². The van der Waals surface area contributed by atoms with Gasteiger partial charge in [-0.15, -0.1) is 0 Å². The molecule has 0 N–H and O–H groups in total. The number of rotatable bonds is 7. The summed E-state index contributed by atoms with van der Waals surface area (Å²) in [6.45, 7) is 5.74. The summed E-state index contributed by atoms with van der Waals surface area (Å²) in [5, 5.41) is 0. The molecule has 1 aromatic heterocycles. The van der Waals surface area contributed by atoms with E-state index in [2.05, 4.69) is 18.4 Å². The molecule has 1 aromatic carbocycles. The van der Waals surface area contributed by atoms with E-state index < -0.39 is 0 Å². The van der Waals surface area contributed by atoms with Crippen molar-refractivity contribution in [3.63, 3.8) is 0 Å². The molecule has 5 nitrogen and oxygen atoms in total. The third-order valence-corrected chi connectivity index (χ3v) is 4.85. The van der Waals surface area contributed by atoms with E-state index in [1.165, 1.54) is 0 Å². The average molecular weight is 342 g/mol. The van der Waals surface area contributed by atoms with Crippen LogP contribution in [0.3, 0.4) is 0 Å². The van der Waals surface area contributed by atoms with Crippen LogP contribution in [-0.2, 0) is 11.3 Å². The van der Waals surface area contributed by atoms with Crippen LogP contribution in [-0.4, -0.2) is 37.3 Å². The third-order valence-electron chi connectivity index (χ3n) is 4.85. The first kappa shape index (κ1) is 17.4. The van der Waals surface area contributed by atoms with Gasteiger partial charge in [0.25, 0.3) is 0 Å². The fourth-order valence-electron chi connectivity index (χ4n) is 3.10. The lowest BCUT2D eigenvalue weighted by Crippen LogP contribution is -2.16. The Morgan fingerprint density at radius 2 is 2.08 bits per heavy atom. The van der Waals surface area contributed by atoms with Crippen molar-refractivity contribution in [1.29, 1.82) is 0 Å². The second-order valence-electron chi connectivity index (χ2n) is 6.37. The van der Waals surface area contributed by atoms with Crippen molar-refractivity contribution in [2.45, 2.75) is 32.9 Å².